The summed E-state index contributed by atoms with van der Waals surface area (Å²) in [6.45, 7) is 1.86. The highest BCUT2D eigenvalue weighted by Gasteiger charge is 2.10. The molecular formula is C12H12ClNO2. The second kappa shape index (κ2) is 5.53. The number of hydrogen-bond acceptors (Lipinski definition) is 3. The van der Waals surface area contributed by atoms with Gasteiger partial charge in [0.1, 0.15) is 0 Å². The fourth-order valence-electron chi connectivity index (χ4n) is 1.44. The van der Waals surface area contributed by atoms with Crippen molar-refractivity contribution < 1.29 is 9.53 Å². The number of carbonyl (C=O) groups is 1. The van der Waals surface area contributed by atoms with Gasteiger partial charge in [0.2, 0.25) is 0 Å². The summed E-state index contributed by atoms with van der Waals surface area (Å²) in [5.41, 5.74) is 3.05. The second-order valence-electron chi connectivity index (χ2n) is 3.43. The summed E-state index contributed by atoms with van der Waals surface area (Å²) in [5, 5.41) is 8.89. The number of nitrogens with zero attached hydrogens (tertiary/aromatic N) is 1. The van der Waals surface area contributed by atoms with E-state index in [0.717, 1.165) is 16.7 Å². The van der Waals surface area contributed by atoms with E-state index in [-0.39, 0.29) is 18.3 Å². The molecule has 0 saturated heterocycles. The Morgan fingerprint density at radius 2 is 2.19 bits per heavy atom. The summed E-state index contributed by atoms with van der Waals surface area (Å²) in [7, 11) is 1.35. The van der Waals surface area contributed by atoms with Gasteiger partial charge in [-0.1, -0.05) is 6.07 Å². The van der Waals surface area contributed by atoms with Crippen LogP contribution in [0.2, 0.25) is 0 Å². The molecule has 0 aliphatic heterocycles. The van der Waals surface area contributed by atoms with Crippen molar-refractivity contribution >= 4 is 17.6 Å². The molecule has 1 aromatic rings. The molecule has 0 aliphatic rings. The molecule has 0 bridgehead atoms. The highest BCUT2D eigenvalue weighted by Crippen LogP contribution is 2.18. The van der Waals surface area contributed by atoms with Gasteiger partial charge in [-0.2, -0.15) is 5.26 Å². The fourth-order valence-corrected chi connectivity index (χ4v) is 1.66. The molecule has 0 amide bonds. The van der Waals surface area contributed by atoms with Crippen LogP contribution in [0.1, 0.15) is 22.3 Å². The lowest BCUT2D eigenvalue weighted by Crippen LogP contribution is -2.07. The van der Waals surface area contributed by atoms with Crippen molar-refractivity contribution in [1.82, 2.24) is 0 Å². The molecule has 0 aliphatic carbocycles. The predicted octanol–water partition coefficient (Wildman–Crippen LogP) is 2.32. The van der Waals surface area contributed by atoms with Gasteiger partial charge in [-0.3, -0.25) is 4.79 Å². The topological polar surface area (TPSA) is 50.1 Å². The quantitative estimate of drug-likeness (QED) is 0.599. The number of nitriles is 1. The molecule has 16 heavy (non-hydrogen) atoms. The van der Waals surface area contributed by atoms with Crippen molar-refractivity contribution in [1.29, 1.82) is 5.26 Å². The minimum Gasteiger partial charge on any atom is -0.469 e. The number of benzene rings is 1. The normalized spacial score (nSPS) is 9.62. The van der Waals surface area contributed by atoms with Gasteiger partial charge in [-0.05, 0) is 29.7 Å². The smallest absolute Gasteiger partial charge is 0.309 e. The van der Waals surface area contributed by atoms with Crippen LogP contribution in [0.25, 0.3) is 0 Å². The van der Waals surface area contributed by atoms with Gasteiger partial charge in [0.25, 0.3) is 0 Å². The number of halogens is 1. The lowest BCUT2D eigenvalue weighted by Gasteiger charge is -2.08. The van der Waals surface area contributed by atoms with Crippen LogP contribution in [0.3, 0.4) is 0 Å². The molecule has 0 N–H and O–H groups in total. The van der Waals surface area contributed by atoms with Crippen molar-refractivity contribution in [2.45, 2.75) is 19.2 Å². The van der Waals surface area contributed by atoms with Crippen LogP contribution in [0.4, 0.5) is 0 Å². The molecule has 0 heterocycles. The summed E-state index contributed by atoms with van der Waals surface area (Å²) in [5.74, 6) is -0.0366. The Morgan fingerprint density at radius 3 is 2.69 bits per heavy atom. The number of methoxy groups -OCH3 is 1. The van der Waals surface area contributed by atoms with E-state index in [2.05, 4.69) is 10.8 Å². The Morgan fingerprint density at radius 1 is 1.50 bits per heavy atom. The Kier molecular flexibility index (Phi) is 4.33. The van der Waals surface area contributed by atoms with Crippen LogP contribution in [-0.4, -0.2) is 13.1 Å². The molecule has 1 rings (SSSR count). The Bertz CT molecular complexity index is 449. The van der Waals surface area contributed by atoms with Crippen molar-refractivity contribution in [2.24, 2.45) is 0 Å². The molecule has 4 heteroatoms. The first-order chi connectivity index (χ1) is 7.62. The van der Waals surface area contributed by atoms with E-state index in [1.807, 2.05) is 6.92 Å². The maximum atomic E-state index is 11.2. The zero-order chi connectivity index (χ0) is 12.1. The zero-order valence-electron chi connectivity index (χ0n) is 9.21. The summed E-state index contributed by atoms with van der Waals surface area (Å²) in [4.78, 5) is 11.2. The third kappa shape index (κ3) is 2.74. The second-order valence-corrected chi connectivity index (χ2v) is 3.70. The Balaban J connectivity index is 3.12. The van der Waals surface area contributed by atoms with Crippen LogP contribution in [-0.2, 0) is 21.8 Å². The van der Waals surface area contributed by atoms with E-state index in [1.54, 1.807) is 12.1 Å². The minimum atomic E-state index is -0.298. The summed E-state index contributed by atoms with van der Waals surface area (Å²) in [6, 6.07) is 5.62. The number of rotatable bonds is 3. The molecule has 0 unspecified atom stereocenters. The molecule has 1 aromatic carbocycles. The number of carbonyl (C=O) groups excluding carboxylic acids is 1. The van der Waals surface area contributed by atoms with E-state index in [9.17, 15) is 4.79 Å². The van der Waals surface area contributed by atoms with Crippen molar-refractivity contribution in [3.8, 4) is 6.07 Å². The minimum absolute atomic E-state index is 0.206. The van der Waals surface area contributed by atoms with E-state index >= 15 is 0 Å². The molecule has 0 radical (unpaired) electrons. The average molecular weight is 238 g/mol. The van der Waals surface area contributed by atoms with Crippen molar-refractivity contribution in [2.75, 3.05) is 7.11 Å². The highest BCUT2D eigenvalue weighted by molar-refractivity contribution is 6.17. The molecule has 0 fully saturated rings. The first kappa shape index (κ1) is 12.5. The maximum Gasteiger partial charge on any atom is 0.309 e. The molecule has 84 valence electrons. The van der Waals surface area contributed by atoms with Gasteiger partial charge in [0, 0.05) is 5.88 Å². The molecule has 3 nitrogen and oxygen atoms in total. The fraction of sp³-hybridized carbons (Fsp3) is 0.333. The Labute approximate surface area is 99.6 Å². The van der Waals surface area contributed by atoms with Crippen LogP contribution in [0.15, 0.2) is 12.1 Å². The van der Waals surface area contributed by atoms with Gasteiger partial charge < -0.3 is 4.74 Å². The highest BCUT2D eigenvalue weighted by atomic mass is 35.5. The molecule has 0 spiro atoms. The molecule has 0 saturated carbocycles. The maximum absolute atomic E-state index is 11.2. The summed E-state index contributed by atoms with van der Waals surface area (Å²) < 4.78 is 4.60. The van der Waals surface area contributed by atoms with Crippen LogP contribution in [0, 0.1) is 18.3 Å². The number of esters is 1. The third-order valence-corrected chi connectivity index (χ3v) is 2.68. The van der Waals surface area contributed by atoms with E-state index in [0.29, 0.717) is 5.56 Å². The lowest BCUT2D eigenvalue weighted by atomic mass is 9.98. The van der Waals surface area contributed by atoms with E-state index in [1.165, 1.54) is 7.11 Å². The molecular weight excluding hydrogens is 226 g/mol. The van der Waals surface area contributed by atoms with Crippen molar-refractivity contribution in [3.63, 3.8) is 0 Å². The van der Waals surface area contributed by atoms with Crippen LogP contribution < -0.4 is 0 Å². The monoisotopic (exact) mass is 237 g/mol. The predicted molar refractivity (Wildman–Crippen MR) is 61.2 cm³/mol. The zero-order valence-corrected chi connectivity index (χ0v) is 9.97. The van der Waals surface area contributed by atoms with Crippen LogP contribution in [0.5, 0.6) is 0 Å². The van der Waals surface area contributed by atoms with Gasteiger partial charge >= 0.3 is 5.97 Å². The van der Waals surface area contributed by atoms with Crippen LogP contribution >= 0.6 is 11.6 Å². The number of ether oxygens (including phenoxy) is 1. The van der Waals surface area contributed by atoms with E-state index in [4.69, 9.17) is 16.9 Å². The molecule has 0 aromatic heterocycles. The Hall–Kier alpha value is -1.53. The number of aryl methyl sites for hydroxylation is 1. The van der Waals surface area contributed by atoms with E-state index < -0.39 is 0 Å². The number of hydrogen-bond donors (Lipinski definition) is 0. The standard InChI is InChI=1S/C12H12ClNO2/c1-8-3-11(7-14)10(6-13)4-9(8)5-12(15)16-2/h3-4H,5-6H2,1-2H3. The number of alkyl halides is 1. The van der Waals surface area contributed by atoms with Gasteiger partial charge in [-0.15, -0.1) is 11.6 Å². The average Bonchev–Trinajstić information content (AvgIpc) is 2.30. The molecule has 0 atom stereocenters. The van der Waals surface area contributed by atoms with Gasteiger partial charge in [-0.25, -0.2) is 0 Å². The third-order valence-electron chi connectivity index (χ3n) is 2.39. The SMILES string of the molecule is COC(=O)Cc1cc(CCl)c(C#N)cc1C. The first-order valence-electron chi connectivity index (χ1n) is 4.77. The van der Waals surface area contributed by atoms with Crippen molar-refractivity contribution in [3.05, 3.63) is 34.4 Å². The lowest BCUT2D eigenvalue weighted by molar-refractivity contribution is -0.139. The van der Waals surface area contributed by atoms with Gasteiger partial charge in [0.15, 0.2) is 0 Å². The largest absolute Gasteiger partial charge is 0.469 e. The summed E-state index contributed by atoms with van der Waals surface area (Å²) >= 11 is 5.74. The van der Waals surface area contributed by atoms with Gasteiger partial charge in [0.05, 0.1) is 25.2 Å². The summed E-state index contributed by atoms with van der Waals surface area (Å²) in [6.07, 6.45) is 0.206. The first-order valence-corrected chi connectivity index (χ1v) is 5.31.